The van der Waals surface area contributed by atoms with Gasteiger partial charge in [0.15, 0.2) is 0 Å². The van der Waals surface area contributed by atoms with Gasteiger partial charge in [0.25, 0.3) is 0 Å². The molecule has 96 valence electrons. The predicted octanol–water partition coefficient (Wildman–Crippen LogP) is 2.58. The Morgan fingerprint density at radius 3 is 2.67 bits per heavy atom. The van der Waals surface area contributed by atoms with Crippen LogP contribution in [-0.4, -0.2) is 25.0 Å². The maximum atomic E-state index is 11.7. The molecule has 3 nitrogen and oxygen atoms in total. The molecular weight excluding hydrogens is 224 g/mol. The zero-order chi connectivity index (χ0) is 12.7. The maximum absolute atomic E-state index is 11.7. The molecule has 3 heteroatoms. The Morgan fingerprint density at radius 1 is 1.28 bits per heavy atom. The first kappa shape index (κ1) is 11.6. The van der Waals surface area contributed by atoms with Crippen LogP contribution in [0.1, 0.15) is 32.3 Å². The van der Waals surface area contributed by atoms with E-state index in [-0.39, 0.29) is 5.91 Å². The molecule has 1 aromatic carbocycles. The summed E-state index contributed by atoms with van der Waals surface area (Å²) in [6.45, 7) is 6.12. The van der Waals surface area contributed by atoms with Gasteiger partial charge in [-0.2, -0.15) is 0 Å². The summed E-state index contributed by atoms with van der Waals surface area (Å²) in [5.74, 6) is 0.148. The van der Waals surface area contributed by atoms with Gasteiger partial charge in [-0.25, -0.2) is 0 Å². The molecule has 0 saturated carbocycles. The van der Waals surface area contributed by atoms with Crippen molar-refractivity contribution in [3.63, 3.8) is 0 Å². The van der Waals surface area contributed by atoms with E-state index < -0.39 is 0 Å². The minimum absolute atomic E-state index is 0.148. The first-order chi connectivity index (χ1) is 8.66. The molecule has 1 amide bonds. The molecule has 18 heavy (non-hydrogen) atoms. The fourth-order valence-electron chi connectivity index (χ4n) is 3.27. The highest BCUT2D eigenvalue weighted by Gasteiger charge is 2.29. The summed E-state index contributed by atoms with van der Waals surface area (Å²) < 4.78 is 0. The number of carbonyl (C=O) groups is 1. The summed E-state index contributed by atoms with van der Waals surface area (Å²) >= 11 is 0. The van der Waals surface area contributed by atoms with Crippen LogP contribution in [0.3, 0.4) is 0 Å². The van der Waals surface area contributed by atoms with Gasteiger partial charge in [-0.1, -0.05) is 0 Å². The molecule has 1 unspecified atom stereocenters. The van der Waals surface area contributed by atoms with E-state index in [2.05, 4.69) is 30.0 Å². The topological polar surface area (TPSA) is 23.6 Å². The van der Waals surface area contributed by atoms with Gasteiger partial charge >= 0.3 is 0 Å². The van der Waals surface area contributed by atoms with E-state index in [1.54, 1.807) is 6.92 Å². The monoisotopic (exact) mass is 244 g/mol. The number of fused-ring (bicyclic) bond motifs is 1. The van der Waals surface area contributed by atoms with Crippen LogP contribution in [0.25, 0.3) is 0 Å². The van der Waals surface area contributed by atoms with Gasteiger partial charge in [0, 0.05) is 37.4 Å². The Hall–Kier alpha value is -1.51. The lowest BCUT2D eigenvalue weighted by molar-refractivity contribution is -0.116. The van der Waals surface area contributed by atoms with Gasteiger partial charge < -0.3 is 9.80 Å². The van der Waals surface area contributed by atoms with Crippen LogP contribution in [0.15, 0.2) is 18.2 Å². The van der Waals surface area contributed by atoms with Crippen LogP contribution in [0.4, 0.5) is 11.4 Å². The molecule has 0 spiro atoms. The van der Waals surface area contributed by atoms with Crippen molar-refractivity contribution in [3.05, 3.63) is 23.8 Å². The Morgan fingerprint density at radius 2 is 2.00 bits per heavy atom. The average Bonchev–Trinajstić information content (AvgIpc) is 2.92. The number of carbonyl (C=O) groups excluding carboxylic acids is 1. The molecule has 0 N–H and O–H groups in total. The van der Waals surface area contributed by atoms with Gasteiger partial charge in [0.1, 0.15) is 0 Å². The highest BCUT2D eigenvalue weighted by atomic mass is 16.2. The molecule has 0 radical (unpaired) electrons. The molecule has 1 fully saturated rings. The molecule has 2 aliphatic heterocycles. The molecule has 0 bridgehead atoms. The first-order valence-electron chi connectivity index (χ1n) is 6.84. The molecule has 0 aliphatic carbocycles. The highest BCUT2D eigenvalue weighted by Crippen LogP contribution is 2.35. The second-order valence-corrected chi connectivity index (χ2v) is 5.45. The van der Waals surface area contributed by atoms with E-state index in [0.717, 1.165) is 12.1 Å². The van der Waals surface area contributed by atoms with E-state index in [1.165, 1.54) is 37.2 Å². The highest BCUT2D eigenvalue weighted by molar-refractivity contribution is 5.94. The second kappa shape index (κ2) is 4.30. The van der Waals surface area contributed by atoms with Gasteiger partial charge in [0.2, 0.25) is 5.91 Å². The zero-order valence-corrected chi connectivity index (χ0v) is 11.1. The largest absolute Gasteiger partial charge is 0.372 e. The fraction of sp³-hybridized carbons (Fsp3) is 0.533. The van der Waals surface area contributed by atoms with Crippen LogP contribution >= 0.6 is 0 Å². The summed E-state index contributed by atoms with van der Waals surface area (Å²) in [5, 5.41) is 0. The maximum Gasteiger partial charge on any atom is 0.224 e. The van der Waals surface area contributed by atoms with Gasteiger partial charge in [-0.15, -0.1) is 0 Å². The van der Waals surface area contributed by atoms with Crippen LogP contribution < -0.4 is 9.80 Å². The van der Waals surface area contributed by atoms with Crippen molar-refractivity contribution in [2.24, 2.45) is 0 Å². The number of rotatable bonds is 1. The minimum Gasteiger partial charge on any atom is -0.372 e. The van der Waals surface area contributed by atoms with Crippen LogP contribution in [0.5, 0.6) is 0 Å². The summed E-state index contributed by atoms with van der Waals surface area (Å²) in [6, 6.07) is 6.86. The second-order valence-electron chi connectivity index (χ2n) is 5.45. The van der Waals surface area contributed by atoms with E-state index in [9.17, 15) is 4.79 Å². The van der Waals surface area contributed by atoms with Crippen molar-refractivity contribution < 1.29 is 4.79 Å². The molecule has 2 aliphatic rings. The van der Waals surface area contributed by atoms with Gasteiger partial charge in [-0.05, 0) is 49.9 Å². The van der Waals surface area contributed by atoms with E-state index in [1.807, 2.05) is 4.90 Å². The minimum atomic E-state index is 0.148. The third kappa shape index (κ3) is 1.78. The van der Waals surface area contributed by atoms with Crippen LogP contribution in [0, 0.1) is 0 Å². The Bertz CT molecular complexity index is 477. The predicted molar refractivity (Wildman–Crippen MR) is 74.2 cm³/mol. The van der Waals surface area contributed by atoms with Crippen molar-refractivity contribution in [2.45, 2.75) is 39.2 Å². The van der Waals surface area contributed by atoms with E-state index in [4.69, 9.17) is 0 Å². The number of anilines is 2. The van der Waals surface area contributed by atoms with Crippen LogP contribution in [-0.2, 0) is 11.2 Å². The van der Waals surface area contributed by atoms with E-state index >= 15 is 0 Å². The zero-order valence-electron chi connectivity index (χ0n) is 11.1. The standard InChI is InChI=1S/C15H20N2O/c1-11-9-13-10-14(16-7-3-4-8-16)5-6-15(13)17(11)12(2)18/h5-6,10-11H,3-4,7-9H2,1-2H3. The smallest absolute Gasteiger partial charge is 0.224 e. The molecule has 1 saturated heterocycles. The number of hydrogen-bond acceptors (Lipinski definition) is 2. The third-order valence-corrected chi connectivity index (χ3v) is 4.09. The van der Waals surface area contributed by atoms with E-state index in [0.29, 0.717) is 6.04 Å². The average molecular weight is 244 g/mol. The molecule has 1 atom stereocenters. The lowest BCUT2D eigenvalue weighted by Crippen LogP contribution is -2.33. The van der Waals surface area contributed by atoms with Gasteiger partial charge in [-0.3, -0.25) is 4.79 Å². The van der Waals surface area contributed by atoms with Crippen molar-refractivity contribution in [2.75, 3.05) is 22.9 Å². The molecular formula is C15H20N2O. The molecule has 3 rings (SSSR count). The lowest BCUT2D eigenvalue weighted by atomic mass is 10.1. The first-order valence-corrected chi connectivity index (χ1v) is 6.84. The third-order valence-electron chi connectivity index (χ3n) is 4.09. The number of benzene rings is 1. The van der Waals surface area contributed by atoms with Crippen molar-refractivity contribution >= 4 is 17.3 Å². The molecule has 0 aromatic heterocycles. The SMILES string of the molecule is CC(=O)N1c2ccc(N3CCCC3)cc2CC1C. The Labute approximate surface area is 108 Å². The van der Waals surface area contributed by atoms with Crippen molar-refractivity contribution in [1.29, 1.82) is 0 Å². The normalized spacial score (nSPS) is 22.4. The molecule has 2 heterocycles. The van der Waals surface area contributed by atoms with Crippen molar-refractivity contribution in [3.8, 4) is 0 Å². The lowest BCUT2D eigenvalue weighted by Gasteiger charge is -2.22. The quantitative estimate of drug-likeness (QED) is 0.758. The summed E-state index contributed by atoms with van der Waals surface area (Å²) in [7, 11) is 0. The summed E-state index contributed by atoms with van der Waals surface area (Å²) in [5.41, 5.74) is 3.75. The van der Waals surface area contributed by atoms with Gasteiger partial charge in [0.05, 0.1) is 0 Å². The number of amides is 1. The number of nitrogens with zero attached hydrogens (tertiary/aromatic N) is 2. The van der Waals surface area contributed by atoms with Crippen LogP contribution in [0.2, 0.25) is 0 Å². The number of hydrogen-bond donors (Lipinski definition) is 0. The molecule has 1 aromatic rings. The Kier molecular flexibility index (Phi) is 2.77. The Balaban J connectivity index is 1.93. The summed E-state index contributed by atoms with van der Waals surface area (Å²) in [6.07, 6.45) is 3.58. The summed E-state index contributed by atoms with van der Waals surface area (Å²) in [4.78, 5) is 16.0. The fourth-order valence-corrected chi connectivity index (χ4v) is 3.27. The van der Waals surface area contributed by atoms with Crippen molar-refractivity contribution in [1.82, 2.24) is 0 Å².